The predicted molar refractivity (Wildman–Crippen MR) is 83.0 cm³/mol. The zero-order valence-electron chi connectivity index (χ0n) is 11.0. The molecule has 2 rings (SSSR count). The van der Waals surface area contributed by atoms with Crippen LogP contribution in [0.15, 0.2) is 42.5 Å². The largest absolute Gasteiger partial charge is 0.482 e. The van der Waals surface area contributed by atoms with E-state index in [1.54, 1.807) is 42.5 Å². The van der Waals surface area contributed by atoms with E-state index < -0.39 is 0 Å². The van der Waals surface area contributed by atoms with Crippen LogP contribution < -0.4 is 10.1 Å². The van der Waals surface area contributed by atoms with Crippen molar-refractivity contribution in [2.24, 2.45) is 0 Å². The van der Waals surface area contributed by atoms with Gasteiger partial charge in [-0.05, 0) is 29.8 Å². The summed E-state index contributed by atoms with van der Waals surface area (Å²) in [6.45, 7) is -0.295. The van der Waals surface area contributed by atoms with Crippen molar-refractivity contribution in [3.05, 3.63) is 58.1 Å². The second-order valence-corrected chi connectivity index (χ2v) is 5.05. The van der Waals surface area contributed by atoms with Crippen molar-refractivity contribution in [3.63, 3.8) is 0 Å². The average molecular weight is 326 g/mol. The molecule has 0 heterocycles. The minimum atomic E-state index is -0.342. The first-order chi connectivity index (χ1) is 10.1. The second kappa shape index (κ2) is 7.31. The molecule has 0 radical (unpaired) electrons. The molecule has 0 spiro atoms. The minimum Gasteiger partial charge on any atom is -0.482 e. The Balaban J connectivity index is 1.94. The zero-order valence-corrected chi connectivity index (χ0v) is 12.5. The molecule has 4 nitrogen and oxygen atoms in total. The topological polar surface area (TPSA) is 58.6 Å². The Hall–Kier alpha value is -1.75. The molecule has 0 saturated carbocycles. The van der Waals surface area contributed by atoms with E-state index >= 15 is 0 Å². The Morgan fingerprint density at radius 1 is 1.14 bits per heavy atom. The summed E-state index contributed by atoms with van der Waals surface area (Å²) >= 11 is 11.9. The fourth-order valence-electron chi connectivity index (χ4n) is 1.65. The number of benzene rings is 2. The maximum atomic E-state index is 11.8. The van der Waals surface area contributed by atoms with Gasteiger partial charge in [0, 0.05) is 0 Å². The predicted octanol–water partition coefficient (Wildman–Crippen LogP) is 3.50. The van der Waals surface area contributed by atoms with E-state index in [0.717, 1.165) is 0 Å². The van der Waals surface area contributed by atoms with Crippen LogP contribution in [0.25, 0.3) is 0 Å². The third kappa shape index (κ3) is 4.36. The number of hydrogen-bond acceptors (Lipinski definition) is 3. The van der Waals surface area contributed by atoms with Crippen LogP contribution in [0, 0.1) is 0 Å². The van der Waals surface area contributed by atoms with Crippen LogP contribution in [0.4, 0.5) is 5.69 Å². The molecule has 1 amide bonds. The summed E-state index contributed by atoms with van der Waals surface area (Å²) in [6, 6.07) is 11.8. The molecule has 0 aliphatic carbocycles. The fourth-order valence-corrected chi connectivity index (χ4v) is 2.09. The summed E-state index contributed by atoms with van der Waals surface area (Å²) in [6.07, 6.45) is 0. The first-order valence-electron chi connectivity index (χ1n) is 6.16. The SMILES string of the molecule is O=C(COc1ccc(CO)cc1Cl)Nc1ccccc1Cl. The van der Waals surface area contributed by atoms with Crippen LogP contribution in [-0.2, 0) is 11.4 Å². The number of hydrogen-bond donors (Lipinski definition) is 2. The Labute approximate surface area is 132 Å². The van der Waals surface area contributed by atoms with Crippen molar-refractivity contribution in [2.45, 2.75) is 6.61 Å². The molecule has 21 heavy (non-hydrogen) atoms. The first kappa shape index (κ1) is 15.6. The van der Waals surface area contributed by atoms with E-state index in [1.807, 2.05) is 0 Å². The number of ether oxygens (including phenoxy) is 1. The third-order valence-electron chi connectivity index (χ3n) is 2.69. The molecule has 110 valence electrons. The van der Waals surface area contributed by atoms with Crippen molar-refractivity contribution in [1.82, 2.24) is 0 Å². The minimum absolute atomic E-state index is 0.104. The highest BCUT2D eigenvalue weighted by Crippen LogP contribution is 2.25. The monoisotopic (exact) mass is 325 g/mol. The summed E-state index contributed by atoms with van der Waals surface area (Å²) < 4.78 is 5.34. The van der Waals surface area contributed by atoms with Gasteiger partial charge >= 0.3 is 0 Å². The van der Waals surface area contributed by atoms with Crippen LogP contribution in [-0.4, -0.2) is 17.6 Å². The molecular formula is C15H13Cl2NO3. The summed E-state index contributed by atoms with van der Waals surface area (Å²) in [5, 5.41) is 12.4. The number of para-hydroxylation sites is 1. The highest BCUT2D eigenvalue weighted by molar-refractivity contribution is 6.33. The lowest BCUT2D eigenvalue weighted by molar-refractivity contribution is -0.118. The molecule has 2 aromatic rings. The van der Waals surface area contributed by atoms with Gasteiger partial charge in [0.05, 0.1) is 22.3 Å². The number of aliphatic hydroxyl groups excluding tert-OH is 1. The summed E-state index contributed by atoms with van der Waals surface area (Å²) in [4.78, 5) is 11.8. The summed E-state index contributed by atoms with van der Waals surface area (Å²) in [5.41, 5.74) is 1.20. The Bertz CT molecular complexity index is 647. The van der Waals surface area contributed by atoms with E-state index in [-0.39, 0.29) is 19.1 Å². The Morgan fingerprint density at radius 2 is 1.90 bits per heavy atom. The van der Waals surface area contributed by atoms with Crippen molar-refractivity contribution in [3.8, 4) is 5.75 Å². The highest BCUT2D eigenvalue weighted by atomic mass is 35.5. The lowest BCUT2D eigenvalue weighted by Gasteiger charge is -2.10. The Kier molecular flexibility index (Phi) is 5.44. The average Bonchev–Trinajstić information content (AvgIpc) is 2.48. The van der Waals surface area contributed by atoms with E-state index in [4.69, 9.17) is 33.0 Å². The van der Waals surface area contributed by atoms with Crippen molar-refractivity contribution in [1.29, 1.82) is 0 Å². The van der Waals surface area contributed by atoms with Crippen LogP contribution in [0.2, 0.25) is 10.0 Å². The van der Waals surface area contributed by atoms with E-state index in [9.17, 15) is 4.79 Å². The van der Waals surface area contributed by atoms with E-state index in [0.29, 0.717) is 27.0 Å². The molecule has 0 unspecified atom stereocenters. The highest BCUT2D eigenvalue weighted by Gasteiger charge is 2.08. The van der Waals surface area contributed by atoms with Gasteiger partial charge < -0.3 is 15.2 Å². The molecule has 0 atom stereocenters. The molecule has 0 aliphatic rings. The summed E-state index contributed by atoms with van der Waals surface area (Å²) in [5.74, 6) is 0.0357. The van der Waals surface area contributed by atoms with Gasteiger partial charge in [0.2, 0.25) is 0 Å². The van der Waals surface area contributed by atoms with Crippen molar-refractivity contribution in [2.75, 3.05) is 11.9 Å². The standard InChI is InChI=1S/C15H13Cl2NO3/c16-11-3-1-2-4-13(11)18-15(20)9-21-14-6-5-10(8-19)7-12(14)17/h1-7,19H,8-9H2,(H,18,20). The zero-order chi connectivity index (χ0) is 15.2. The lowest BCUT2D eigenvalue weighted by atomic mass is 10.2. The Morgan fingerprint density at radius 3 is 2.57 bits per heavy atom. The van der Waals surface area contributed by atoms with Crippen LogP contribution in [0.5, 0.6) is 5.75 Å². The van der Waals surface area contributed by atoms with Gasteiger partial charge in [0.15, 0.2) is 6.61 Å². The van der Waals surface area contributed by atoms with E-state index in [2.05, 4.69) is 5.32 Å². The number of nitrogens with one attached hydrogen (secondary N) is 1. The summed E-state index contributed by atoms with van der Waals surface area (Å²) in [7, 11) is 0. The quantitative estimate of drug-likeness (QED) is 0.884. The number of aliphatic hydroxyl groups is 1. The third-order valence-corrected chi connectivity index (χ3v) is 3.31. The van der Waals surface area contributed by atoms with Gasteiger partial charge in [-0.1, -0.05) is 41.4 Å². The van der Waals surface area contributed by atoms with Gasteiger partial charge in [0.25, 0.3) is 5.91 Å². The van der Waals surface area contributed by atoms with Crippen molar-refractivity contribution < 1.29 is 14.6 Å². The smallest absolute Gasteiger partial charge is 0.262 e. The number of amides is 1. The van der Waals surface area contributed by atoms with Gasteiger partial charge in [-0.25, -0.2) is 0 Å². The molecular weight excluding hydrogens is 313 g/mol. The van der Waals surface area contributed by atoms with Crippen LogP contribution >= 0.6 is 23.2 Å². The fraction of sp³-hybridized carbons (Fsp3) is 0.133. The number of carbonyl (C=O) groups excluding carboxylic acids is 1. The maximum Gasteiger partial charge on any atom is 0.262 e. The number of anilines is 1. The van der Waals surface area contributed by atoms with Gasteiger partial charge in [-0.15, -0.1) is 0 Å². The van der Waals surface area contributed by atoms with E-state index in [1.165, 1.54) is 0 Å². The molecule has 0 aromatic heterocycles. The normalized spacial score (nSPS) is 10.2. The molecule has 0 fully saturated rings. The first-order valence-corrected chi connectivity index (χ1v) is 6.92. The van der Waals surface area contributed by atoms with Crippen LogP contribution in [0.3, 0.4) is 0 Å². The lowest BCUT2D eigenvalue weighted by Crippen LogP contribution is -2.20. The number of rotatable bonds is 5. The second-order valence-electron chi connectivity index (χ2n) is 4.24. The number of halogens is 2. The maximum absolute atomic E-state index is 11.8. The molecule has 0 saturated heterocycles. The number of carbonyl (C=O) groups is 1. The molecule has 0 aliphatic heterocycles. The molecule has 6 heteroatoms. The van der Waals surface area contributed by atoms with Crippen LogP contribution in [0.1, 0.15) is 5.56 Å². The van der Waals surface area contributed by atoms with Crippen molar-refractivity contribution >= 4 is 34.8 Å². The van der Waals surface area contributed by atoms with Gasteiger partial charge in [-0.2, -0.15) is 0 Å². The van der Waals surface area contributed by atoms with Gasteiger partial charge in [0.1, 0.15) is 5.75 Å². The molecule has 0 bridgehead atoms. The molecule has 2 N–H and O–H groups in total. The van der Waals surface area contributed by atoms with Gasteiger partial charge in [-0.3, -0.25) is 4.79 Å². The molecule has 2 aromatic carbocycles.